The normalized spacial score (nSPS) is 20.5. The highest BCUT2D eigenvalue weighted by molar-refractivity contribution is 7.91. The Kier molecular flexibility index (Phi) is 5.03. The predicted octanol–water partition coefficient (Wildman–Crippen LogP) is 4.16. The van der Waals surface area contributed by atoms with Gasteiger partial charge in [0, 0.05) is 13.1 Å². The molecule has 148 valence electrons. The number of hydrogen-bond acceptors (Lipinski definition) is 7. The molecule has 0 amide bonds. The second kappa shape index (κ2) is 7.35. The molecule has 1 fully saturated rings. The van der Waals surface area contributed by atoms with Gasteiger partial charge in [-0.05, 0) is 44.4 Å². The van der Waals surface area contributed by atoms with E-state index in [2.05, 4.69) is 4.98 Å². The van der Waals surface area contributed by atoms with Gasteiger partial charge in [-0.3, -0.25) is 0 Å². The van der Waals surface area contributed by atoms with E-state index in [1.165, 1.54) is 11.3 Å². The first-order valence-electron chi connectivity index (χ1n) is 9.11. The van der Waals surface area contributed by atoms with Crippen molar-refractivity contribution in [1.82, 2.24) is 4.98 Å². The summed E-state index contributed by atoms with van der Waals surface area (Å²) in [5.74, 6) is 0.605. The topological polar surface area (TPSA) is 72.6 Å². The molecule has 1 aromatic carbocycles. The van der Waals surface area contributed by atoms with E-state index in [1.54, 1.807) is 24.3 Å². The maximum atomic E-state index is 13.4. The molecule has 0 N–H and O–H groups in total. The number of rotatable bonds is 4. The Morgan fingerprint density at radius 2 is 1.79 bits per heavy atom. The maximum absolute atomic E-state index is 13.4. The summed E-state index contributed by atoms with van der Waals surface area (Å²) in [7, 11) is -3.82. The first-order valence-corrected chi connectivity index (χ1v) is 11.5. The van der Waals surface area contributed by atoms with Gasteiger partial charge in [0.05, 0.1) is 22.0 Å². The van der Waals surface area contributed by atoms with Crippen LogP contribution in [-0.2, 0) is 14.6 Å². The van der Waals surface area contributed by atoms with Gasteiger partial charge in [-0.2, -0.15) is 4.98 Å². The van der Waals surface area contributed by atoms with Crippen LogP contribution in [0.1, 0.15) is 19.4 Å². The molecule has 8 heteroatoms. The van der Waals surface area contributed by atoms with E-state index in [0.29, 0.717) is 19.0 Å². The summed E-state index contributed by atoms with van der Waals surface area (Å²) < 4.78 is 38.6. The minimum absolute atomic E-state index is 0.0334. The number of anilines is 1. The van der Waals surface area contributed by atoms with Gasteiger partial charge in [-0.15, -0.1) is 11.3 Å². The Bertz CT molecular complexity index is 1050. The molecular weight excluding hydrogens is 396 g/mol. The summed E-state index contributed by atoms with van der Waals surface area (Å²) in [6, 6.07) is 10.5. The lowest BCUT2D eigenvalue weighted by molar-refractivity contribution is -0.00657. The van der Waals surface area contributed by atoms with Crippen LogP contribution < -0.4 is 4.90 Å². The molecule has 0 saturated carbocycles. The van der Waals surface area contributed by atoms with E-state index in [9.17, 15) is 8.42 Å². The van der Waals surface area contributed by atoms with Crippen LogP contribution in [0.5, 0.6) is 0 Å². The molecule has 0 aliphatic carbocycles. The number of oxazole rings is 1. The Labute approximate surface area is 168 Å². The second-order valence-corrected chi connectivity index (χ2v) is 9.90. The zero-order chi connectivity index (χ0) is 19.9. The average Bonchev–Trinajstić information content (AvgIpc) is 3.31. The van der Waals surface area contributed by atoms with Gasteiger partial charge in [0.1, 0.15) is 0 Å². The molecule has 1 aliphatic rings. The molecule has 6 nitrogen and oxygen atoms in total. The maximum Gasteiger partial charge on any atom is 0.240 e. The minimum atomic E-state index is -3.82. The van der Waals surface area contributed by atoms with Crippen LogP contribution in [0, 0.1) is 6.92 Å². The Morgan fingerprint density at radius 3 is 2.39 bits per heavy atom. The summed E-state index contributed by atoms with van der Waals surface area (Å²) >= 11 is 1.46. The SMILES string of the molecule is Cc1ccc(S(=O)(=O)c2nc(-c3cccs3)oc2N2C[C@@H](C)O[C@H](C)C2)cc1. The molecule has 2 atom stereocenters. The van der Waals surface area contributed by atoms with Crippen molar-refractivity contribution in [3.63, 3.8) is 0 Å². The Balaban J connectivity index is 1.84. The summed E-state index contributed by atoms with van der Waals surface area (Å²) in [4.78, 5) is 7.34. The summed E-state index contributed by atoms with van der Waals surface area (Å²) in [5.41, 5.74) is 0.995. The van der Waals surface area contributed by atoms with E-state index < -0.39 is 9.84 Å². The Morgan fingerprint density at radius 1 is 1.11 bits per heavy atom. The lowest BCUT2D eigenvalue weighted by atomic mass is 10.2. The van der Waals surface area contributed by atoms with Crippen LogP contribution >= 0.6 is 11.3 Å². The molecule has 3 heterocycles. The summed E-state index contributed by atoms with van der Waals surface area (Å²) in [6.45, 7) is 6.93. The third-order valence-corrected chi connectivity index (χ3v) is 7.13. The summed E-state index contributed by atoms with van der Waals surface area (Å²) in [5, 5.41) is 1.87. The monoisotopic (exact) mass is 418 g/mol. The number of morpholine rings is 1. The smallest absolute Gasteiger partial charge is 0.240 e. The lowest BCUT2D eigenvalue weighted by Gasteiger charge is -2.35. The van der Waals surface area contributed by atoms with Crippen LogP contribution in [0.4, 0.5) is 5.88 Å². The van der Waals surface area contributed by atoms with Crippen LogP contribution in [0.2, 0.25) is 0 Å². The van der Waals surface area contributed by atoms with Gasteiger partial charge in [0.2, 0.25) is 26.6 Å². The number of aryl methyl sites for hydroxylation is 1. The number of nitrogens with zero attached hydrogens (tertiary/aromatic N) is 2. The highest BCUT2D eigenvalue weighted by Gasteiger charge is 2.34. The average molecular weight is 419 g/mol. The van der Waals surface area contributed by atoms with Crippen molar-refractivity contribution in [2.24, 2.45) is 0 Å². The van der Waals surface area contributed by atoms with Crippen molar-refractivity contribution in [3.05, 3.63) is 47.3 Å². The standard InChI is InChI=1S/C20H22N2O4S2/c1-13-6-8-16(9-7-13)28(23,24)19-20(22-11-14(2)25-15(3)12-22)26-18(21-19)17-5-4-10-27-17/h4-10,14-15H,11-12H2,1-3H3/t14-,15-/m1/s1. The van der Waals surface area contributed by atoms with E-state index in [-0.39, 0.29) is 28.0 Å². The molecule has 0 bridgehead atoms. The van der Waals surface area contributed by atoms with Gasteiger partial charge in [0.15, 0.2) is 0 Å². The zero-order valence-electron chi connectivity index (χ0n) is 16.0. The third kappa shape index (κ3) is 3.59. The molecule has 28 heavy (non-hydrogen) atoms. The van der Waals surface area contributed by atoms with E-state index in [0.717, 1.165) is 10.4 Å². The predicted molar refractivity (Wildman–Crippen MR) is 109 cm³/mol. The van der Waals surface area contributed by atoms with E-state index in [4.69, 9.17) is 9.15 Å². The highest BCUT2D eigenvalue weighted by Crippen LogP contribution is 2.37. The van der Waals surface area contributed by atoms with Gasteiger partial charge >= 0.3 is 0 Å². The molecule has 2 aromatic heterocycles. The molecule has 3 aromatic rings. The second-order valence-electron chi connectivity index (χ2n) is 7.09. The van der Waals surface area contributed by atoms with Crippen LogP contribution in [0.15, 0.2) is 56.1 Å². The van der Waals surface area contributed by atoms with Crippen molar-refractivity contribution >= 4 is 27.1 Å². The molecule has 0 spiro atoms. The highest BCUT2D eigenvalue weighted by atomic mass is 32.2. The van der Waals surface area contributed by atoms with Crippen molar-refractivity contribution in [2.75, 3.05) is 18.0 Å². The molecule has 1 saturated heterocycles. The fourth-order valence-corrected chi connectivity index (χ4v) is 5.32. The van der Waals surface area contributed by atoms with Gasteiger partial charge in [-0.1, -0.05) is 23.8 Å². The van der Waals surface area contributed by atoms with Crippen molar-refractivity contribution in [2.45, 2.75) is 42.9 Å². The Hall–Kier alpha value is -2.16. The van der Waals surface area contributed by atoms with E-state index in [1.807, 2.05) is 43.2 Å². The fraction of sp³-hybridized carbons (Fsp3) is 0.350. The number of ether oxygens (including phenoxy) is 1. The van der Waals surface area contributed by atoms with Gasteiger partial charge < -0.3 is 14.1 Å². The lowest BCUT2D eigenvalue weighted by Crippen LogP contribution is -2.45. The zero-order valence-corrected chi connectivity index (χ0v) is 17.6. The van der Waals surface area contributed by atoms with E-state index >= 15 is 0 Å². The first-order chi connectivity index (χ1) is 13.3. The molecule has 1 aliphatic heterocycles. The summed E-state index contributed by atoms with van der Waals surface area (Å²) in [6.07, 6.45) is -0.0667. The van der Waals surface area contributed by atoms with Crippen LogP contribution in [0.25, 0.3) is 10.8 Å². The quantitative estimate of drug-likeness (QED) is 0.634. The molecule has 4 rings (SSSR count). The first kappa shape index (κ1) is 19.2. The number of aromatic nitrogens is 1. The number of thiophene rings is 1. The number of hydrogen-bond donors (Lipinski definition) is 0. The number of benzene rings is 1. The van der Waals surface area contributed by atoms with Crippen LogP contribution in [-0.4, -0.2) is 38.7 Å². The molecular formula is C20H22N2O4S2. The fourth-order valence-electron chi connectivity index (χ4n) is 3.35. The minimum Gasteiger partial charge on any atom is -0.418 e. The van der Waals surface area contributed by atoms with Gasteiger partial charge in [-0.25, -0.2) is 8.42 Å². The third-order valence-electron chi connectivity index (χ3n) is 4.60. The van der Waals surface area contributed by atoms with Crippen molar-refractivity contribution in [1.29, 1.82) is 0 Å². The van der Waals surface area contributed by atoms with Gasteiger partial charge in [0.25, 0.3) is 0 Å². The number of sulfone groups is 1. The molecule has 0 unspecified atom stereocenters. The molecule has 0 radical (unpaired) electrons. The van der Waals surface area contributed by atoms with Crippen LogP contribution in [0.3, 0.4) is 0 Å². The van der Waals surface area contributed by atoms with Crippen molar-refractivity contribution in [3.8, 4) is 10.8 Å². The largest absolute Gasteiger partial charge is 0.418 e. The van der Waals surface area contributed by atoms with Crippen molar-refractivity contribution < 1.29 is 17.6 Å².